The Hall–Kier alpha value is -4.37. The van der Waals surface area contributed by atoms with Gasteiger partial charge in [-0.3, -0.25) is 4.79 Å². The number of likely N-dealkylation sites (N-methyl/N-ethyl adjacent to an activating group) is 2. The fourth-order valence-electron chi connectivity index (χ4n) is 6.52. The number of hydrogen-bond donors (Lipinski definition) is 0. The Morgan fingerprint density at radius 2 is 0.925 bits per heavy atom. The van der Waals surface area contributed by atoms with E-state index < -0.39 is 0 Å². The molecule has 3 nitrogen and oxygen atoms in total. The molecule has 4 aromatic rings. The second-order valence-electron chi connectivity index (χ2n) is 12.0. The van der Waals surface area contributed by atoms with Crippen molar-refractivity contribution in [3.63, 3.8) is 0 Å². The van der Waals surface area contributed by atoms with E-state index in [9.17, 15) is 4.79 Å². The van der Waals surface area contributed by atoms with Crippen molar-refractivity contribution in [3.05, 3.63) is 132 Å². The summed E-state index contributed by atoms with van der Waals surface area (Å²) in [6.07, 6.45) is 3.66. The van der Waals surface area contributed by atoms with Crippen molar-refractivity contribution in [3.8, 4) is 22.3 Å². The summed E-state index contributed by atoms with van der Waals surface area (Å²) in [6, 6.07) is 34.2. The van der Waals surface area contributed by atoms with E-state index in [0.29, 0.717) is 0 Å². The Morgan fingerprint density at radius 3 is 1.30 bits per heavy atom. The van der Waals surface area contributed by atoms with E-state index in [0.717, 1.165) is 22.8 Å². The van der Waals surface area contributed by atoms with Crippen LogP contribution in [0.2, 0.25) is 0 Å². The molecule has 0 atom stereocenters. The molecule has 4 aromatic carbocycles. The number of hydrogen-bond acceptors (Lipinski definition) is 3. The highest BCUT2D eigenvalue weighted by Gasteiger charge is 2.41. The summed E-state index contributed by atoms with van der Waals surface area (Å²) in [5, 5.41) is 0. The van der Waals surface area contributed by atoms with Crippen LogP contribution in [0.1, 0.15) is 38.8 Å². The largest absolute Gasteiger partial charge is 0.347 e. The lowest BCUT2D eigenvalue weighted by Crippen LogP contribution is -2.25. The summed E-state index contributed by atoms with van der Waals surface area (Å²) in [6.45, 7) is 8.85. The van der Waals surface area contributed by atoms with Gasteiger partial charge in [-0.15, -0.1) is 0 Å². The second kappa shape index (κ2) is 9.38. The Balaban J connectivity index is 1.33. The van der Waals surface area contributed by atoms with Crippen LogP contribution in [0.4, 0.5) is 11.4 Å². The summed E-state index contributed by atoms with van der Waals surface area (Å²) in [4.78, 5) is 18.0. The van der Waals surface area contributed by atoms with Gasteiger partial charge in [0.05, 0.1) is 0 Å². The Morgan fingerprint density at radius 1 is 0.550 bits per heavy atom. The molecular formula is C37H36N2O. The minimum absolute atomic E-state index is 0.0111. The fraction of sp³-hybridized carbons (Fsp3) is 0.216. The third-order valence-corrected chi connectivity index (χ3v) is 8.84. The normalized spacial score (nSPS) is 18.8. The highest BCUT2D eigenvalue weighted by atomic mass is 16.1. The van der Waals surface area contributed by atoms with Crippen LogP contribution >= 0.6 is 0 Å². The Labute approximate surface area is 238 Å². The van der Waals surface area contributed by atoms with Gasteiger partial charge in [0.25, 0.3) is 0 Å². The molecule has 0 bridgehead atoms. The quantitative estimate of drug-likeness (QED) is 0.250. The first kappa shape index (κ1) is 25.9. The monoisotopic (exact) mass is 524 g/mol. The van der Waals surface area contributed by atoms with Gasteiger partial charge in [0.2, 0.25) is 0 Å². The van der Waals surface area contributed by atoms with Crippen molar-refractivity contribution >= 4 is 17.2 Å². The Bertz CT molecular complexity index is 1550. The molecule has 0 saturated carbocycles. The first-order chi connectivity index (χ1) is 19.1. The van der Waals surface area contributed by atoms with Crippen LogP contribution in [-0.4, -0.2) is 19.9 Å². The van der Waals surface area contributed by atoms with E-state index in [1.807, 2.05) is 24.3 Å². The molecule has 0 fully saturated rings. The number of ketones is 1. The topological polar surface area (TPSA) is 23.6 Å². The number of nitrogens with zero attached hydrogens (tertiary/aromatic N) is 2. The Kier molecular flexibility index (Phi) is 6.07. The first-order valence-corrected chi connectivity index (χ1v) is 13.9. The van der Waals surface area contributed by atoms with E-state index in [2.05, 4.69) is 137 Å². The zero-order chi connectivity index (χ0) is 28.2. The minimum atomic E-state index is -0.298. The first-order valence-electron chi connectivity index (χ1n) is 13.9. The lowest BCUT2D eigenvalue weighted by Gasteiger charge is -2.25. The molecule has 0 unspecified atom stereocenters. The number of anilines is 2. The molecular weight excluding hydrogens is 488 g/mol. The lowest BCUT2D eigenvalue weighted by atomic mass is 9.81. The van der Waals surface area contributed by atoms with Gasteiger partial charge in [0, 0.05) is 59.8 Å². The van der Waals surface area contributed by atoms with Crippen LogP contribution < -0.4 is 9.80 Å². The SMILES string of the molecule is CN1C(=CC(=O)C=C2N(C)c3ccc(-c4ccccc4)cc3C2(C)C)C(C)(C)c2cc(-c3ccccc3)ccc21. The highest BCUT2D eigenvalue weighted by Crippen LogP contribution is 2.50. The van der Waals surface area contributed by atoms with Gasteiger partial charge >= 0.3 is 0 Å². The van der Waals surface area contributed by atoms with Crippen LogP contribution in [0.25, 0.3) is 22.3 Å². The van der Waals surface area contributed by atoms with Crippen molar-refractivity contribution in [2.45, 2.75) is 38.5 Å². The molecule has 2 aliphatic heterocycles. The fourth-order valence-corrected chi connectivity index (χ4v) is 6.52. The molecule has 2 heterocycles. The molecule has 0 amide bonds. The number of carbonyl (C=O) groups is 1. The summed E-state index contributed by atoms with van der Waals surface area (Å²) in [7, 11) is 4.13. The van der Waals surface area contributed by atoms with Crippen LogP contribution in [0.3, 0.4) is 0 Å². The van der Waals surface area contributed by atoms with E-state index in [4.69, 9.17) is 0 Å². The van der Waals surface area contributed by atoms with E-state index >= 15 is 0 Å². The third-order valence-electron chi connectivity index (χ3n) is 8.84. The summed E-state index contributed by atoms with van der Waals surface area (Å²) < 4.78 is 0. The maximum Gasteiger partial charge on any atom is 0.182 e. The molecule has 0 spiro atoms. The predicted octanol–water partition coefficient (Wildman–Crippen LogP) is 8.51. The summed E-state index contributed by atoms with van der Waals surface area (Å²) in [5.41, 5.74) is 11.0. The van der Waals surface area contributed by atoms with Crippen LogP contribution in [-0.2, 0) is 15.6 Å². The smallest absolute Gasteiger partial charge is 0.182 e. The molecule has 0 aromatic heterocycles. The van der Waals surface area contributed by atoms with Crippen molar-refractivity contribution in [1.82, 2.24) is 0 Å². The molecule has 2 aliphatic rings. The van der Waals surface area contributed by atoms with E-state index in [1.54, 1.807) is 0 Å². The third kappa shape index (κ3) is 4.08. The molecule has 0 aliphatic carbocycles. The molecule has 0 saturated heterocycles. The zero-order valence-corrected chi connectivity index (χ0v) is 24.2. The van der Waals surface area contributed by atoms with Gasteiger partial charge in [-0.25, -0.2) is 0 Å². The van der Waals surface area contributed by atoms with Gasteiger partial charge < -0.3 is 9.80 Å². The van der Waals surface area contributed by atoms with Gasteiger partial charge in [-0.2, -0.15) is 0 Å². The van der Waals surface area contributed by atoms with Crippen LogP contribution in [0.5, 0.6) is 0 Å². The molecule has 200 valence electrons. The summed E-state index contributed by atoms with van der Waals surface area (Å²) in [5.74, 6) is 0.0111. The standard InChI is InChI=1S/C37H36N2O/c1-36(2)30-21-27(25-13-9-7-10-14-25)17-19-32(30)38(5)34(36)23-29(40)24-35-37(3,4)31-22-28(18-20-33(31)39(35)6)26-15-11-8-12-16-26/h7-24H,1-6H3. The summed E-state index contributed by atoms with van der Waals surface area (Å²) >= 11 is 0. The molecule has 40 heavy (non-hydrogen) atoms. The number of allylic oxidation sites excluding steroid dienone is 4. The van der Waals surface area contributed by atoms with Crippen molar-refractivity contribution in [2.24, 2.45) is 0 Å². The van der Waals surface area contributed by atoms with Crippen LogP contribution in [0.15, 0.2) is 121 Å². The predicted molar refractivity (Wildman–Crippen MR) is 168 cm³/mol. The van der Waals surface area contributed by atoms with Crippen molar-refractivity contribution in [1.29, 1.82) is 0 Å². The number of rotatable bonds is 4. The molecule has 0 radical (unpaired) electrons. The van der Waals surface area contributed by atoms with Gasteiger partial charge in [-0.1, -0.05) is 100 Å². The van der Waals surface area contributed by atoms with Crippen LogP contribution in [0, 0.1) is 0 Å². The average Bonchev–Trinajstić information content (AvgIpc) is 3.27. The van der Waals surface area contributed by atoms with E-state index in [-0.39, 0.29) is 16.6 Å². The van der Waals surface area contributed by atoms with E-state index in [1.165, 1.54) is 33.4 Å². The van der Waals surface area contributed by atoms with Crippen molar-refractivity contribution in [2.75, 3.05) is 23.9 Å². The van der Waals surface area contributed by atoms with Gasteiger partial charge in [0.15, 0.2) is 5.78 Å². The lowest BCUT2D eigenvalue weighted by molar-refractivity contribution is -0.110. The maximum atomic E-state index is 13.7. The molecule has 3 heteroatoms. The average molecular weight is 525 g/mol. The number of benzene rings is 4. The van der Waals surface area contributed by atoms with Crippen molar-refractivity contribution < 1.29 is 4.79 Å². The molecule has 0 N–H and O–H groups in total. The maximum absolute atomic E-state index is 13.7. The number of fused-ring (bicyclic) bond motifs is 2. The van der Waals surface area contributed by atoms with Gasteiger partial charge in [-0.05, 0) is 57.6 Å². The number of carbonyl (C=O) groups excluding carboxylic acids is 1. The van der Waals surface area contributed by atoms with Gasteiger partial charge in [0.1, 0.15) is 0 Å². The molecule has 6 rings (SSSR count). The highest BCUT2D eigenvalue weighted by molar-refractivity contribution is 6.02. The zero-order valence-electron chi connectivity index (χ0n) is 24.2. The second-order valence-corrected chi connectivity index (χ2v) is 12.0. The minimum Gasteiger partial charge on any atom is -0.347 e.